The highest BCUT2D eigenvalue weighted by atomic mass is 16.5. The Labute approximate surface area is 128 Å². The second-order valence-electron chi connectivity index (χ2n) is 4.76. The molecule has 0 aromatic carbocycles. The van der Waals surface area contributed by atoms with Gasteiger partial charge in [-0.15, -0.1) is 0 Å². The van der Waals surface area contributed by atoms with Gasteiger partial charge in [-0.3, -0.25) is 14.6 Å². The predicted molar refractivity (Wildman–Crippen MR) is 80.5 cm³/mol. The van der Waals surface area contributed by atoms with Crippen LogP contribution in [0, 0.1) is 6.92 Å². The fourth-order valence-electron chi connectivity index (χ4n) is 1.78. The standard InChI is InChI=1S/C15H18N4O3/c1-11-3-4-12(9-16-11)10-17-15(21)13-5-6-14(20)19(18-13)7-8-22-2/h3-6,9H,7-8,10H2,1-2H3,(H,17,21). The van der Waals surface area contributed by atoms with E-state index in [-0.39, 0.29) is 17.2 Å². The molecule has 0 spiro atoms. The van der Waals surface area contributed by atoms with E-state index in [0.717, 1.165) is 11.3 Å². The second-order valence-corrected chi connectivity index (χ2v) is 4.76. The Morgan fingerprint density at radius 1 is 1.32 bits per heavy atom. The second kappa shape index (κ2) is 7.46. The zero-order chi connectivity index (χ0) is 15.9. The Balaban J connectivity index is 2.02. The van der Waals surface area contributed by atoms with Crippen LogP contribution in [0.2, 0.25) is 0 Å². The van der Waals surface area contributed by atoms with Crippen molar-refractivity contribution in [3.63, 3.8) is 0 Å². The number of aromatic nitrogens is 3. The van der Waals surface area contributed by atoms with Gasteiger partial charge in [0.1, 0.15) is 5.69 Å². The average Bonchev–Trinajstić information content (AvgIpc) is 2.53. The Bertz CT molecular complexity index is 695. The van der Waals surface area contributed by atoms with Gasteiger partial charge in [-0.05, 0) is 24.6 Å². The molecular weight excluding hydrogens is 284 g/mol. The summed E-state index contributed by atoms with van der Waals surface area (Å²) in [6, 6.07) is 6.51. The van der Waals surface area contributed by atoms with Gasteiger partial charge >= 0.3 is 0 Å². The first-order chi connectivity index (χ1) is 10.6. The van der Waals surface area contributed by atoms with Crippen LogP contribution in [0.25, 0.3) is 0 Å². The van der Waals surface area contributed by atoms with Crippen molar-refractivity contribution >= 4 is 5.91 Å². The number of ether oxygens (including phenoxy) is 1. The van der Waals surface area contributed by atoms with Crippen LogP contribution in [0.5, 0.6) is 0 Å². The van der Waals surface area contributed by atoms with Crippen molar-refractivity contribution in [2.75, 3.05) is 13.7 Å². The van der Waals surface area contributed by atoms with E-state index < -0.39 is 0 Å². The quantitative estimate of drug-likeness (QED) is 0.841. The summed E-state index contributed by atoms with van der Waals surface area (Å²) >= 11 is 0. The third-order valence-electron chi connectivity index (χ3n) is 3.03. The lowest BCUT2D eigenvalue weighted by molar-refractivity contribution is 0.0942. The van der Waals surface area contributed by atoms with E-state index in [9.17, 15) is 9.59 Å². The van der Waals surface area contributed by atoms with Crippen LogP contribution in [0.1, 0.15) is 21.7 Å². The van der Waals surface area contributed by atoms with Crippen LogP contribution < -0.4 is 10.9 Å². The van der Waals surface area contributed by atoms with Gasteiger partial charge in [-0.25, -0.2) is 4.68 Å². The zero-order valence-electron chi connectivity index (χ0n) is 12.6. The fourth-order valence-corrected chi connectivity index (χ4v) is 1.78. The van der Waals surface area contributed by atoms with E-state index in [1.54, 1.807) is 6.20 Å². The Kier molecular flexibility index (Phi) is 5.37. The topological polar surface area (TPSA) is 86.1 Å². The predicted octanol–water partition coefficient (Wildman–Crippen LogP) is 0.523. The molecule has 22 heavy (non-hydrogen) atoms. The van der Waals surface area contributed by atoms with Gasteiger partial charge in [0.2, 0.25) is 0 Å². The maximum Gasteiger partial charge on any atom is 0.271 e. The lowest BCUT2D eigenvalue weighted by Gasteiger charge is -2.07. The van der Waals surface area contributed by atoms with Crippen LogP contribution in [0.4, 0.5) is 0 Å². The van der Waals surface area contributed by atoms with Crippen molar-refractivity contribution < 1.29 is 9.53 Å². The van der Waals surface area contributed by atoms with E-state index in [1.165, 1.54) is 23.9 Å². The summed E-state index contributed by atoms with van der Waals surface area (Å²) < 4.78 is 6.12. The van der Waals surface area contributed by atoms with Gasteiger partial charge < -0.3 is 10.1 Å². The first-order valence-corrected chi connectivity index (χ1v) is 6.87. The van der Waals surface area contributed by atoms with Crippen molar-refractivity contribution in [2.45, 2.75) is 20.0 Å². The summed E-state index contributed by atoms with van der Waals surface area (Å²) in [5.74, 6) is -0.341. The number of carbonyl (C=O) groups excluding carboxylic acids is 1. The van der Waals surface area contributed by atoms with E-state index >= 15 is 0 Å². The molecule has 0 radical (unpaired) electrons. The molecule has 0 atom stereocenters. The lowest BCUT2D eigenvalue weighted by Crippen LogP contribution is -2.30. The number of nitrogens with zero attached hydrogens (tertiary/aromatic N) is 3. The first kappa shape index (κ1) is 15.8. The van der Waals surface area contributed by atoms with Crippen molar-refractivity contribution in [2.24, 2.45) is 0 Å². The molecule has 1 amide bonds. The molecule has 116 valence electrons. The van der Waals surface area contributed by atoms with Gasteiger partial charge in [0.05, 0.1) is 13.2 Å². The van der Waals surface area contributed by atoms with Crippen LogP contribution in [-0.2, 0) is 17.8 Å². The number of hydrogen-bond acceptors (Lipinski definition) is 5. The third kappa shape index (κ3) is 4.23. The van der Waals surface area contributed by atoms with Crippen molar-refractivity contribution in [1.82, 2.24) is 20.1 Å². The molecule has 2 heterocycles. The van der Waals surface area contributed by atoms with Crippen LogP contribution >= 0.6 is 0 Å². The van der Waals surface area contributed by atoms with Crippen molar-refractivity contribution in [3.8, 4) is 0 Å². The molecule has 0 saturated carbocycles. The molecule has 0 aliphatic heterocycles. The molecule has 0 aliphatic carbocycles. The molecule has 2 aromatic heterocycles. The highest BCUT2D eigenvalue weighted by Crippen LogP contribution is 1.99. The monoisotopic (exact) mass is 302 g/mol. The summed E-state index contributed by atoms with van der Waals surface area (Å²) in [5, 5.41) is 6.78. The Hall–Kier alpha value is -2.54. The average molecular weight is 302 g/mol. The lowest BCUT2D eigenvalue weighted by atomic mass is 10.2. The van der Waals surface area contributed by atoms with Gasteiger partial charge in [0.25, 0.3) is 11.5 Å². The van der Waals surface area contributed by atoms with E-state index in [4.69, 9.17) is 4.74 Å². The molecule has 0 fully saturated rings. The summed E-state index contributed by atoms with van der Waals surface area (Å²) in [6.45, 7) is 2.91. The van der Waals surface area contributed by atoms with Crippen molar-refractivity contribution in [1.29, 1.82) is 0 Å². The van der Waals surface area contributed by atoms with Crippen LogP contribution in [0.15, 0.2) is 35.3 Å². The number of carbonyl (C=O) groups is 1. The summed E-state index contributed by atoms with van der Waals surface area (Å²) in [5.41, 5.74) is 1.74. The minimum absolute atomic E-state index is 0.191. The maximum absolute atomic E-state index is 12.1. The van der Waals surface area contributed by atoms with Gasteiger partial charge in [0, 0.05) is 31.6 Å². The smallest absolute Gasteiger partial charge is 0.271 e. The molecule has 2 rings (SSSR count). The highest BCUT2D eigenvalue weighted by Gasteiger charge is 2.09. The molecule has 1 N–H and O–H groups in total. The number of nitrogens with one attached hydrogen (secondary N) is 1. The highest BCUT2D eigenvalue weighted by molar-refractivity contribution is 5.91. The van der Waals surface area contributed by atoms with Gasteiger partial charge in [0.15, 0.2) is 0 Å². The SMILES string of the molecule is COCCn1nc(C(=O)NCc2ccc(C)nc2)ccc1=O. The number of rotatable bonds is 6. The minimum Gasteiger partial charge on any atom is -0.383 e. The molecule has 7 nitrogen and oxygen atoms in total. The molecule has 7 heteroatoms. The van der Waals surface area contributed by atoms with Crippen LogP contribution in [0.3, 0.4) is 0 Å². The number of hydrogen-bond donors (Lipinski definition) is 1. The maximum atomic E-state index is 12.1. The van der Waals surface area contributed by atoms with Crippen LogP contribution in [-0.4, -0.2) is 34.4 Å². The molecule has 0 bridgehead atoms. The third-order valence-corrected chi connectivity index (χ3v) is 3.03. The number of pyridine rings is 1. The largest absolute Gasteiger partial charge is 0.383 e. The van der Waals surface area contributed by atoms with Gasteiger partial charge in [-0.2, -0.15) is 5.10 Å². The summed E-state index contributed by atoms with van der Waals surface area (Å²) in [7, 11) is 1.54. The molecule has 2 aromatic rings. The molecular formula is C15H18N4O3. The molecule has 0 saturated heterocycles. The van der Waals surface area contributed by atoms with E-state index in [2.05, 4.69) is 15.4 Å². The molecule has 0 aliphatic rings. The van der Waals surface area contributed by atoms with Gasteiger partial charge in [-0.1, -0.05) is 6.07 Å². The number of methoxy groups -OCH3 is 1. The fraction of sp³-hybridized carbons (Fsp3) is 0.333. The van der Waals surface area contributed by atoms with E-state index in [0.29, 0.717) is 19.7 Å². The summed E-state index contributed by atoms with van der Waals surface area (Å²) in [6.07, 6.45) is 1.71. The number of amides is 1. The van der Waals surface area contributed by atoms with E-state index in [1.807, 2.05) is 19.1 Å². The Morgan fingerprint density at radius 2 is 2.14 bits per heavy atom. The first-order valence-electron chi connectivity index (χ1n) is 6.87. The zero-order valence-corrected chi connectivity index (χ0v) is 12.6. The normalized spacial score (nSPS) is 10.5. The molecule has 0 unspecified atom stereocenters. The Morgan fingerprint density at radius 3 is 2.82 bits per heavy atom. The summed E-state index contributed by atoms with van der Waals surface area (Å²) in [4.78, 5) is 27.9. The number of aryl methyl sites for hydroxylation is 1. The van der Waals surface area contributed by atoms with Crippen molar-refractivity contribution in [3.05, 3.63) is 57.8 Å². The minimum atomic E-state index is -0.341.